The summed E-state index contributed by atoms with van der Waals surface area (Å²) in [7, 11) is 3.11. The first-order valence-corrected chi connectivity index (χ1v) is 8.80. The van der Waals surface area contributed by atoms with Crippen LogP contribution in [0.5, 0.6) is 11.5 Å². The second kappa shape index (κ2) is 10.0. The number of rotatable bonds is 10. The van der Waals surface area contributed by atoms with Crippen molar-refractivity contribution in [2.45, 2.75) is 31.8 Å². The van der Waals surface area contributed by atoms with Gasteiger partial charge in [-0.25, -0.2) is 0 Å². The molecule has 0 aromatic heterocycles. The molecular weight excluding hydrogens is 354 g/mol. The van der Waals surface area contributed by atoms with Crippen molar-refractivity contribution >= 4 is 17.6 Å². The number of hydrogen-bond acceptors (Lipinski definition) is 4. The molecule has 0 heterocycles. The Morgan fingerprint density at radius 1 is 1.15 bits per heavy atom. The van der Waals surface area contributed by atoms with E-state index in [9.17, 15) is 4.79 Å². The average Bonchev–Trinajstić information content (AvgIpc) is 2.64. The number of carboxylic acids is 1. The van der Waals surface area contributed by atoms with Gasteiger partial charge in [0.15, 0.2) is 11.5 Å². The first-order chi connectivity index (χ1) is 12.5. The number of carboxylic acid groups (broad SMARTS) is 1. The number of methoxy groups -OCH3 is 2. The van der Waals surface area contributed by atoms with E-state index in [1.165, 1.54) is 5.56 Å². The van der Waals surface area contributed by atoms with Gasteiger partial charge in [-0.2, -0.15) is 0 Å². The van der Waals surface area contributed by atoms with Gasteiger partial charge in [-0.15, -0.1) is 0 Å². The molecule has 0 aliphatic heterocycles. The largest absolute Gasteiger partial charge is 0.493 e. The first kappa shape index (κ1) is 20.1. The Morgan fingerprint density at radius 3 is 2.50 bits per heavy atom. The fourth-order valence-electron chi connectivity index (χ4n) is 2.81. The summed E-state index contributed by atoms with van der Waals surface area (Å²) in [6.07, 6.45) is 1.43. The smallest absolute Gasteiger partial charge is 0.303 e. The lowest BCUT2D eigenvalue weighted by Gasteiger charge is -2.19. The predicted molar refractivity (Wildman–Crippen MR) is 102 cm³/mol. The minimum atomic E-state index is -0.793. The van der Waals surface area contributed by atoms with Crippen molar-refractivity contribution in [2.75, 3.05) is 14.2 Å². The van der Waals surface area contributed by atoms with Crippen LogP contribution in [0.2, 0.25) is 5.02 Å². The molecule has 2 aromatic rings. The van der Waals surface area contributed by atoms with Crippen LogP contribution in [-0.4, -0.2) is 31.3 Å². The van der Waals surface area contributed by atoms with Crippen molar-refractivity contribution < 1.29 is 19.4 Å². The highest BCUT2D eigenvalue weighted by atomic mass is 35.5. The van der Waals surface area contributed by atoms with Crippen LogP contribution in [0.4, 0.5) is 0 Å². The lowest BCUT2D eigenvalue weighted by atomic mass is 10.0. The van der Waals surface area contributed by atoms with Gasteiger partial charge in [0.2, 0.25) is 0 Å². The van der Waals surface area contributed by atoms with Crippen LogP contribution in [0, 0.1) is 0 Å². The highest BCUT2D eigenvalue weighted by Gasteiger charge is 2.14. The molecule has 0 saturated carbocycles. The molecular formula is C20H24ClNO4. The van der Waals surface area contributed by atoms with Crippen LogP contribution < -0.4 is 14.8 Å². The maximum absolute atomic E-state index is 11.0. The van der Waals surface area contributed by atoms with Crippen LogP contribution in [0.25, 0.3) is 0 Å². The summed E-state index contributed by atoms with van der Waals surface area (Å²) in [6.45, 7) is 0.553. The van der Waals surface area contributed by atoms with Crippen molar-refractivity contribution in [1.82, 2.24) is 5.32 Å². The van der Waals surface area contributed by atoms with Gasteiger partial charge in [-0.3, -0.25) is 4.79 Å². The third kappa shape index (κ3) is 5.93. The second-order valence-electron chi connectivity index (χ2n) is 6.01. The van der Waals surface area contributed by atoms with E-state index in [0.717, 1.165) is 12.0 Å². The quantitative estimate of drug-likeness (QED) is 0.656. The van der Waals surface area contributed by atoms with E-state index < -0.39 is 5.97 Å². The zero-order valence-electron chi connectivity index (χ0n) is 15.0. The van der Waals surface area contributed by atoms with Gasteiger partial charge in [-0.05, 0) is 36.1 Å². The third-order valence-electron chi connectivity index (χ3n) is 4.12. The van der Waals surface area contributed by atoms with Crippen molar-refractivity contribution in [1.29, 1.82) is 0 Å². The van der Waals surface area contributed by atoms with Gasteiger partial charge in [0.25, 0.3) is 0 Å². The van der Waals surface area contributed by atoms with Crippen molar-refractivity contribution in [3.05, 3.63) is 58.6 Å². The summed E-state index contributed by atoms with van der Waals surface area (Å²) < 4.78 is 10.6. The lowest BCUT2D eigenvalue weighted by molar-refractivity contribution is -0.137. The molecule has 5 nitrogen and oxygen atoms in total. The van der Waals surface area contributed by atoms with Gasteiger partial charge < -0.3 is 19.9 Å². The molecule has 1 unspecified atom stereocenters. The van der Waals surface area contributed by atoms with Gasteiger partial charge >= 0.3 is 5.97 Å². The fraction of sp³-hybridized carbons (Fsp3) is 0.350. The molecule has 140 valence electrons. The predicted octanol–water partition coefficient (Wildman–Crippen LogP) is 3.92. The first-order valence-electron chi connectivity index (χ1n) is 8.43. The average molecular weight is 378 g/mol. The van der Waals surface area contributed by atoms with Gasteiger partial charge in [0.05, 0.1) is 19.2 Å². The Labute approximate surface area is 158 Å². The zero-order chi connectivity index (χ0) is 18.9. The summed E-state index contributed by atoms with van der Waals surface area (Å²) in [6, 6.07) is 13.8. The van der Waals surface area contributed by atoms with Crippen LogP contribution in [-0.2, 0) is 17.8 Å². The van der Waals surface area contributed by atoms with Crippen molar-refractivity contribution in [3.63, 3.8) is 0 Å². The lowest BCUT2D eigenvalue weighted by Crippen LogP contribution is -2.31. The summed E-state index contributed by atoms with van der Waals surface area (Å²) in [5.41, 5.74) is 2.11. The molecule has 0 amide bonds. The summed E-state index contributed by atoms with van der Waals surface area (Å²) in [5.74, 6) is 0.283. The third-order valence-corrected chi connectivity index (χ3v) is 4.40. The molecule has 0 saturated heterocycles. The SMILES string of the molecule is COc1cc(CNC(CCC(=O)O)Cc2ccccc2)cc(Cl)c1OC. The molecule has 26 heavy (non-hydrogen) atoms. The normalized spacial score (nSPS) is 11.8. The van der Waals surface area contributed by atoms with Crippen LogP contribution in [0.1, 0.15) is 24.0 Å². The van der Waals surface area contributed by atoms with Crippen molar-refractivity contribution in [2.24, 2.45) is 0 Å². The van der Waals surface area contributed by atoms with Gasteiger partial charge in [0.1, 0.15) is 0 Å². The molecule has 0 aliphatic rings. The van der Waals surface area contributed by atoms with E-state index in [4.69, 9.17) is 26.2 Å². The van der Waals surface area contributed by atoms with Crippen LogP contribution >= 0.6 is 11.6 Å². The second-order valence-corrected chi connectivity index (χ2v) is 6.42. The molecule has 2 N–H and O–H groups in total. The topological polar surface area (TPSA) is 67.8 Å². The summed E-state index contributed by atoms with van der Waals surface area (Å²) >= 11 is 6.25. The Balaban J connectivity index is 2.08. The molecule has 2 aromatic carbocycles. The van der Waals surface area contributed by atoms with E-state index in [-0.39, 0.29) is 12.5 Å². The van der Waals surface area contributed by atoms with Crippen LogP contribution in [0.15, 0.2) is 42.5 Å². The maximum Gasteiger partial charge on any atom is 0.303 e. The number of nitrogens with one attached hydrogen (secondary N) is 1. The minimum absolute atomic E-state index is 0.0420. The standard InChI is InChI=1S/C20H24ClNO4/c1-25-18-12-15(11-17(21)20(18)26-2)13-22-16(8-9-19(23)24)10-14-6-4-3-5-7-14/h3-7,11-12,16,22H,8-10,13H2,1-2H3,(H,23,24). The molecule has 2 rings (SSSR count). The zero-order valence-corrected chi connectivity index (χ0v) is 15.8. The fourth-order valence-corrected chi connectivity index (χ4v) is 3.12. The summed E-state index contributed by atoms with van der Waals surface area (Å²) in [5, 5.41) is 12.9. The highest BCUT2D eigenvalue weighted by molar-refractivity contribution is 6.32. The van der Waals surface area contributed by atoms with Gasteiger partial charge in [0, 0.05) is 19.0 Å². The molecule has 1 atom stereocenters. The van der Waals surface area contributed by atoms with E-state index >= 15 is 0 Å². The summed E-state index contributed by atoms with van der Waals surface area (Å²) in [4.78, 5) is 11.0. The highest BCUT2D eigenvalue weighted by Crippen LogP contribution is 2.36. The number of benzene rings is 2. The molecule has 6 heteroatoms. The molecule has 0 bridgehead atoms. The Kier molecular flexibility index (Phi) is 7.75. The van der Waals surface area contributed by atoms with E-state index in [2.05, 4.69) is 5.32 Å². The Hall–Kier alpha value is -2.24. The Morgan fingerprint density at radius 2 is 1.88 bits per heavy atom. The van der Waals surface area contributed by atoms with Crippen LogP contribution in [0.3, 0.4) is 0 Å². The minimum Gasteiger partial charge on any atom is -0.493 e. The van der Waals surface area contributed by atoms with E-state index in [0.29, 0.717) is 29.5 Å². The molecule has 0 aliphatic carbocycles. The van der Waals surface area contributed by atoms with E-state index in [1.807, 2.05) is 42.5 Å². The van der Waals surface area contributed by atoms with Crippen molar-refractivity contribution in [3.8, 4) is 11.5 Å². The number of hydrogen-bond donors (Lipinski definition) is 2. The number of halogens is 1. The molecule has 0 radical (unpaired) electrons. The van der Waals surface area contributed by atoms with Gasteiger partial charge in [-0.1, -0.05) is 41.9 Å². The Bertz CT molecular complexity index is 721. The maximum atomic E-state index is 11.0. The number of carbonyl (C=O) groups is 1. The molecule has 0 spiro atoms. The van der Waals surface area contributed by atoms with E-state index in [1.54, 1.807) is 14.2 Å². The monoisotopic (exact) mass is 377 g/mol. The number of aliphatic carboxylic acids is 1. The molecule has 0 fully saturated rings. The number of ether oxygens (including phenoxy) is 2.